The van der Waals surface area contributed by atoms with Gasteiger partial charge in [0.2, 0.25) is 0 Å². The Morgan fingerprint density at radius 2 is 2.05 bits per heavy atom. The average Bonchev–Trinajstić information content (AvgIpc) is 3.19. The number of hydrogen-bond acceptors (Lipinski definition) is 4. The molecule has 0 aromatic carbocycles. The molecule has 1 aromatic rings. The van der Waals surface area contributed by atoms with E-state index in [0.29, 0.717) is 18.2 Å². The van der Waals surface area contributed by atoms with Crippen LogP contribution in [0.3, 0.4) is 0 Å². The molecule has 0 atom stereocenters. The third-order valence-electron chi connectivity index (χ3n) is 4.21. The summed E-state index contributed by atoms with van der Waals surface area (Å²) in [6, 6.07) is 0. The van der Waals surface area contributed by atoms with Gasteiger partial charge in [-0.15, -0.1) is 0 Å². The molecule has 6 nitrogen and oxygen atoms in total. The first-order valence-corrected chi connectivity index (χ1v) is 7.63. The van der Waals surface area contributed by atoms with E-state index in [1.807, 2.05) is 0 Å². The summed E-state index contributed by atoms with van der Waals surface area (Å²) in [6.45, 7) is 0.875. The van der Waals surface area contributed by atoms with Crippen LogP contribution in [0.25, 0.3) is 0 Å². The van der Waals surface area contributed by atoms with Gasteiger partial charge in [-0.1, -0.05) is 5.16 Å². The molecular weight excluding hydrogens is 272 g/mol. The Bertz CT molecular complexity index is 548. The van der Waals surface area contributed by atoms with Gasteiger partial charge in [0, 0.05) is 25.1 Å². The quantitative estimate of drug-likeness (QED) is 0.865. The summed E-state index contributed by atoms with van der Waals surface area (Å²) < 4.78 is 5.29. The van der Waals surface area contributed by atoms with Crippen molar-refractivity contribution >= 4 is 11.9 Å². The lowest BCUT2D eigenvalue weighted by Crippen LogP contribution is -2.35. The molecule has 0 saturated heterocycles. The van der Waals surface area contributed by atoms with Gasteiger partial charge in [-0.25, -0.2) is 0 Å². The highest BCUT2D eigenvalue weighted by atomic mass is 16.5. The van der Waals surface area contributed by atoms with E-state index in [9.17, 15) is 9.59 Å². The van der Waals surface area contributed by atoms with Crippen LogP contribution >= 0.6 is 0 Å². The van der Waals surface area contributed by atoms with E-state index in [1.54, 1.807) is 4.90 Å². The van der Waals surface area contributed by atoms with Gasteiger partial charge in [0.1, 0.15) is 5.76 Å². The zero-order chi connectivity index (χ0) is 14.8. The number of carboxylic acids is 1. The molecule has 2 aliphatic carbocycles. The van der Waals surface area contributed by atoms with Crippen LogP contribution in [0, 0.1) is 5.92 Å². The number of aromatic nitrogens is 1. The fraction of sp³-hybridized carbons (Fsp3) is 0.667. The fourth-order valence-electron chi connectivity index (χ4n) is 2.82. The van der Waals surface area contributed by atoms with E-state index in [0.717, 1.165) is 49.8 Å². The predicted molar refractivity (Wildman–Crippen MR) is 74.0 cm³/mol. The van der Waals surface area contributed by atoms with Crippen molar-refractivity contribution in [2.45, 2.75) is 44.9 Å². The smallest absolute Gasteiger partial charge is 0.305 e. The van der Waals surface area contributed by atoms with Crippen LogP contribution < -0.4 is 0 Å². The molecule has 0 radical (unpaired) electrons. The highest BCUT2D eigenvalue weighted by Gasteiger charge is 2.31. The summed E-state index contributed by atoms with van der Waals surface area (Å²) in [5.41, 5.74) is 1.33. The van der Waals surface area contributed by atoms with Crippen molar-refractivity contribution < 1.29 is 19.2 Å². The molecule has 1 fully saturated rings. The molecular formula is C15H20N2O4. The van der Waals surface area contributed by atoms with E-state index >= 15 is 0 Å². The Balaban J connectivity index is 1.75. The Hall–Kier alpha value is -1.85. The van der Waals surface area contributed by atoms with Gasteiger partial charge in [0.25, 0.3) is 5.91 Å². The zero-order valence-electron chi connectivity index (χ0n) is 12.0. The van der Waals surface area contributed by atoms with E-state index in [-0.39, 0.29) is 18.9 Å². The summed E-state index contributed by atoms with van der Waals surface area (Å²) >= 11 is 0. The first kappa shape index (κ1) is 14.1. The minimum absolute atomic E-state index is 0.0293. The van der Waals surface area contributed by atoms with Gasteiger partial charge >= 0.3 is 5.97 Å². The molecule has 114 valence electrons. The maximum Gasteiger partial charge on any atom is 0.305 e. The van der Waals surface area contributed by atoms with Gasteiger partial charge in [-0.2, -0.15) is 0 Å². The number of carbonyl (C=O) groups is 2. The standard InChI is InChI=1S/C15H20N2O4/c18-13(19)7-8-17(9-10-5-6-10)15(20)14-11-3-1-2-4-12(11)21-16-14/h10H,1-9H2,(H,18,19). The third-order valence-corrected chi connectivity index (χ3v) is 4.21. The number of aliphatic carboxylic acids is 1. The van der Waals surface area contributed by atoms with Crippen molar-refractivity contribution in [3.63, 3.8) is 0 Å². The van der Waals surface area contributed by atoms with E-state index in [4.69, 9.17) is 9.63 Å². The third kappa shape index (κ3) is 3.25. The summed E-state index contributed by atoms with van der Waals surface area (Å²) in [6.07, 6.45) is 6.00. The van der Waals surface area contributed by atoms with Crippen LogP contribution in [0.2, 0.25) is 0 Å². The van der Waals surface area contributed by atoms with Crippen LogP contribution in [0.1, 0.15) is 53.9 Å². The van der Waals surface area contributed by atoms with Crippen molar-refractivity contribution in [3.05, 3.63) is 17.0 Å². The van der Waals surface area contributed by atoms with Crippen LogP contribution in [-0.2, 0) is 17.6 Å². The Morgan fingerprint density at radius 3 is 2.76 bits per heavy atom. The topological polar surface area (TPSA) is 83.6 Å². The van der Waals surface area contributed by atoms with Crippen molar-refractivity contribution in [2.75, 3.05) is 13.1 Å². The molecule has 0 bridgehead atoms. The number of nitrogens with zero attached hydrogens (tertiary/aromatic N) is 2. The number of rotatable bonds is 6. The Labute approximate surface area is 123 Å². The molecule has 0 aliphatic heterocycles. The van der Waals surface area contributed by atoms with E-state index < -0.39 is 5.97 Å². The van der Waals surface area contributed by atoms with Gasteiger partial charge in [0.15, 0.2) is 5.69 Å². The number of carboxylic acid groups (broad SMARTS) is 1. The molecule has 1 amide bonds. The van der Waals surface area contributed by atoms with Crippen LogP contribution in [0.15, 0.2) is 4.52 Å². The maximum atomic E-state index is 12.7. The van der Waals surface area contributed by atoms with Gasteiger partial charge in [-0.3, -0.25) is 9.59 Å². The summed E-state index contributed by atoms with van der Waals surface area (Å²) in [5.74, 6) is 0.292. The SMILES string of the molecule is O=C(O)CCN(CC1CC1)C(=O)c1noc2c1CCCC2. The number of fused-ring (bicyclic) bond motifs is 1. The Kier molecular flexibility index (Phi) is 3.94. The van der Waals surface area contributed by atoms with Crippen molar-refractivity contribution in [1.29, 1.82) is 0 Å². The number of carbonyl (C=O) groups excluding carboxylic acids is 1. The number of aryl methyl sites for hydroxylation is 1. The molecule has 2 aliphatic rings. The first-order valence-electron chi connectivity index (χ1n) is 7.63. The van der Waals surface area contributed by atoms with Gasteiger partial charge in [0.05, 0.1) is 6.42 Å². The zero-order valence-corrected chi connectivity index (χ0v) is 12.0. The lowest BCUT2D eigenvalue weighted by molar-refractivity contribution is -0.137. The fourth-order valence-corrected chi connectivity index (χ4v) is 2.82. The van der Waals surface area contributed by atoms with Gasteiger partial charge < -0.3 is 14.5 Å². The van der Waals surface area contributed by atoms with Crippen LogP contribution in [-0.4, -0.2) is 40.1 Å². The van der Waals surface area contributed by atoms with E-state index in [1.165, 1.54) is 0 Å². The minimum Gasteiger partial charge on any atom is -0.481 e. The molecule has 1 N–H and O–H groups in total. The number of amides is 1. The first-order chi connectivity index (χ1) is 10.1. The highest BCUT2D eigenvalue weighted by molar-refractivity contribution is 5.94. The largest absolute Gasteiger partial charge is 0.481 e. The monoisotopic (exact) mass is 292 g/mol. The molecule has 0 unspecified atom stereocenters. The number of hydrogen-bond donors (Lipinski definition) is 1. The minimum atomic E-state index is -0.884. The summed E-state index contributed by atoms with van der Waals surface area (Å²) in [4.78, 5) is 25.1. The molecule has 1 saturated carbocycles. The van der Waals surface area contributed by atoms with E-state index in [2.05, 4.69) is 5.16 Å². The second-order valence-electron chi connectivity index (χ2n) is 5.98. The highest BCUT2D eigenvalue weighted by Crippen LogP contribution is 2.31. The molecule has 1 aromatic heterocycles. The molecule has 3 rings (SSSR count). The predicted octanol–water partition coefficient (Wildman–Crippen LogP) is 1.88. The molecule has 0 spiro atoms. The van der Waals surface area contributed by atoms with Crippen molar-refractivity contribution in [1.82, 2.24) is 10.1 Å². The normalized spacial score (nSPS) is 17.3. The molecule has 6 heteroatoms. The second kappa shape index (κ2) is 5.87. The lowest BCUT2D eigenvalue weighted by atomic mass is 9.96. The Morgan fingerprint density at radius 1 is 1.29 bits per heavy atom. The summed E-state index contributed by atoms with van der Waals surface area (Å²) in [5, 5.41) is 12.8. The average molecular weight is 292 g/mol. The lowest BCUT2D eigenvalue weighted by Gasteiger charge is -2.21. The van der Waals surface area contributed by atoms with Crippen LogP contribution in [0.4, 0.5) is 0 Å². The van der Waals surface area contributed by atoms with Crippen molar-refractivity contribution in [2.24, 2.45) is 5.92 Å². The van der Waals surface area contributed by atoms with Gasteiger partial charge in [-0.05, 0) is 38.0 Å². The summed E-state index contributed by atoms with van der Waals surface area (Å²) in [7, 11) is 0. The second-order valence-corrected chi connectivity index (χ2v) is 5.98. The molecule has 1 heterocycles. The van der Waals surface area contributed by atoms with Crippen LogP contribution in [0.5, 0.6) is 0 Å². The maximum absolute atomic E-state index is 12.7. The molecule has 21 heavy (non-hydrogen) atoms. The van der Waals surface area contributed by atoms with Crippen molar-refractivity contribution in [3.8, 4) is 0 Å².